The molecule has 0 spiro atoms. The van der Waals surface area contributed by atoms with Crippen molar-refractivity contribution >= 4 is 21.5 Å². The van der Waals surface area contributed by atoms with Crippen molar-refractivity contribution < 1.29 is 22.7 Å². The van der Waals surface area contributed by atoms with Crippen LogP contribution in [0.15, 0.2) is 69.0 Å². The molecule has 0 saturated heterocycles. The predicted octanol–water partition coefficient (Wildman–Crippen LogP) is 3.32. The van der Waals surface area contributed by atoms with E-state index in [1.54, 1.807) is 37.3 Å². The van der Waals surface area contributed by atoms with Gasteiger partial charge >= 0.3 is 5.97 Å². The quantitative estimate of drug-likeness (QED) is 0.872. The van der Waals surface area contributed by atoms with Crippen LogP contribution in [0.2, 0.25) is 0 Å². The van der Waals surface area contributed by atoms with Crippen LogP contribution in [0.1, 0.15) is 25.3 Å². The predicted molar refractivity (Wildman–Crippen MR) is 92.3 cm³/mol. The molecule has 0 saturated carbocycles. The highest BCUT2D eigenvalue weighted by molar-refractivity contribution is 7.94. The van der Waals surface area contributed by atoms with E-state index in [1.165, 1.54) is 6.08 Å². The van der Waals surface area contributed by atoms with Crippen molar-refractivity contribution in [3.8, 4) is 0 Å². The number of nitrogens with zero attached hydrogens (tertiary/aromatic N) is 1. The molecule has 0 aromatic heterocycles. The van der Waals surface area contributed by atoms with Crippen LogP contribution in [-0.4, -0.2) is 25.2 Å². The Kier molecular flexibility index (Phi) is 4.43. The third kappa shape index (κ3) is 3.32. The monoisotopic (exact) mass is 361 g/mol. The molecule has 0 unspecified atom stereocenters. The van der Waals surface area contributed by atoms with Crippen LogP contribution >= 0.6 is 0 Å². The molecule has 1 heterocycles. The molecule has 1 aliphatic heterocycles. The van der Waals surface area contributed by atoms with E-state index >= 15 is 0 Å². The molecule has 25 heavy (non-hydrogen) atoms. The molecule has 5 nitrogen and oxygen atoms in total. The van der Waals surface area contributed by atoms with Crippen LogP contribution in [0.5, 0.6) is 0 Å². The topological polar surface area (TPSA) is 83.8 Å². The van der Waals surface area contributed by atoms with Gasteiger partial charge in [0.05, 0.1) is 17.9 Å². The molecule has 0 bridgehead atoms. The minimum atomic E-state index is -4.00. The van der Waals surface area contributed by atoms with Crippen molar-refractivity contribution in [1.29, 1.82) is 0 Å². The Morgan fingerprint density at radius 2 is 1.96 bits per heavy atom. The van der Waals surface area contributed by atoms with Crippen LogP contribution in [0.3, 0.4) is 0 Å². The number of fused-ring (bicyclic) bond motifs is 1. The number of rotatable bonds is 5. The molecule has 0 fully saturated rings. The molecule has 1 aromatic carbocycles. The van der Waals surface area contributed by atoms with Gasteiger partial charge < -0.3 is 5.11 Å². The van der Waals surface area contributed by atoms with Gasteiger partial charge in [0.15, 0.2) is 9.84 Å². The smallest absolute Gasteiger partial charge is 0.307 e. The standard InChI is InChI=1S/C18H16FNO4S/c1-11-13(9-16(21)22)17-15(20-11)8-7-14(19)18(17)25(23,24)10-12-5-3-2-4-6-12/h2-7H,8-10H2,1H3,(H,21,22). The summed E-state index contributed by atoms with van der Waals surface area (Å²) in [6.07, 6.45) is 0.926. The Bertz CT molecular complexity index is 970. The van der Waals surface area contributed by atoms with Crippen LogP contribution in [0.4, 0.5) is 4.39 Å². The number of sulfone groups is 1. The molecule has 3 rings (SSSR count). The molecular weight excluding hydrogens is 345 g/mol. The molecule has 1 N–H and O–H groups in total. The van der Waals surface area contributed by atoms with Gasteiger partial charge in [0.2, 0.25) is 0 Å². The number of hydrogen-bond acceptors (Lipinski definition) is 4. The largest absolute Gasteiger partial charge is 0.481 e. The summed E-state index contributed by atoms with van der Waals surface area (Å²) in [5.74, 6) is -2.32. The summed E-state index contributed by atoms with van der Waals surface area (Å²) in [5.41, 5.74) is 1.74. The lowest BCUT2D eigenvalue weighted by Crippen LogP contribution is -2.18. The molecular formula is C18H16FNO4S. The summed E-state index contributed by atoms with van der Waals surface area (Å²) < 4.78 is 40.3. The summed E-state index contributed by atoms with van der Waals surface area (Å²) in [5, 5.41) is 9.11. The lowest BCUT2D eigenvalue weighted by atomic mass is 9.94. The minimum absolute atomic E-state index is 0.121. The van der Waals surface area contributed by atoms with Gasteiger partial charge in [-0.05, 0) is 24.1 Å². The average molecular weight is 361 g/mol. The Morgan fingerprint density at radius 3 is 2.60 bits per heavy atom. The second-order valence-electron chi connectivity index (χ2n) is 5.90. The third-order valence-corrected chi connectivity index (χ3v) is 5.82. The van der Waals surface area contributed by atoms with E-state index in [1.807, 2.05) is 0 Å². The molecule has 0 atom stereocenters. The second kappa shape index (κ2) is 6.40. The number of benzene rings is 1. The van der Waals surface area contributed by atoms with E-state index in [2.05, 4.69) is 4.99 Å². The van der Waals surface area contributed by atoms with E-state index in [4.69, 9.17) is 5.11 Å². The van der Waals surface area contributed by atoms with Gasteiger partial charge in [0, 0.05) is 17.7 Å². The van der Waals surface area contributed by atoms with E-state index in [9.17, 15) is 17.6 Å². The normalized spacial score (nSPS) is 17.4. The molecule has 0 amide bonds. The first-order valence-corrected chi connectivity index (χ1v) is 9.31. The maximum Gasteiger partial charge on any atom is 0.307 e. The summed E-state index contributed by atoms with van der Waals surface area (Å²) in [4.78, 5) is 14.9. The number of allylic oxidation sites excluding steroid dienone is 4. The van der Waals surface area contributed by atoms with Gasteiger partial charge in [-0.3, -0.25) is 9.79 Å². The van der Waals surface area contributed by atoms with Gasteiger partial charge in [-0.1, -0.05) is 30.3 Å². The average Bonchev–Trinajstić information content (AvgIpc) is 2.83. The number of halogens is 1. The SMILES string of the molecule is CC1=C(CC(=O)O)C2=C(S(=O)(=O)Cc3ccccc3)C(F)=CCC2=N1. The fraction of sp³-hybridized carbons (Fsp3) is 0.222. The lowest BCUT2D eigenvalue weighted by Gasteiger charge is -2.18. The van der Waals surface area contributed by atoms with E-state index in [0.717, 1.165) is 0 Å². The molecule has 1 aromatic rings. The van der Waals surface area contributed by atoms with Crippen molar-refractivity contribution in [2.24, 2.45) is 4.99 Å². The van der Waals surface area contributed by atoms with Crippen molar-refractivity contribution in [3.63, 3.8) is 0 Å². The van der Waals surface area contributed by atoms with E-state index in [0.29, 0.717) is 17.0 Å². The molecule has 2 aliphatic rings. The van der Waals surface area contributed by atoms with Gasteiger partial charge in [-0.25, -0.2) is 12.8 Å². The maximum atomic E-state index is 14.5. The highest BCUT2D eigenvalue weighted by Crippen LogP contribution is 2.40. The minimum Gasteiger partial charge on any atom is -0.481 e. The first-order chi connectivity index (χ1) is 11.8. The number of aliphatic carboxylic acids is 1. The molecule has 130 valence electrons. The van der Waals surface area contributed by atoms with Crippen molar-refractivity contribution in [2.75, 3.05) is 0 Å². The zero-order valence-electron chi connectivity index (χ0n) is 13.5. The number of carboxylic acid groups (broad SMARTS) is 1. The van der Waals surface area contributed by atoms with Gasteiger partial charge in [-0.15, -0.1) is 0 Å². The summed E-state index contributed by atoms with van der Waals surface area (Å²) in [6, 6.07) is 8.47. The number of aliphatic imine (C=N–C) groups is 1. The van der Waals surface area contributed by atoms with E-state index in [-0.39, 0.29) is 23.3 Å². The van der Waals surface area contributed by atoms with Crippen LogP contribution < -0.4 is 0 Å². The summed E-state index contributed by atoms with van der Waals surface area (Å²) in [6.45, 7) is 1.61. The second-order valence-corrected chi connectivity index (χ2v) is 7.82. The Balaban J connectivity index is 2.13. The highest BCUT2D eigenvalue weighted by atomic mass is 32.2. The molecule has 1 aliphatic carbocycles. The lowest BCUT2D eigenvalue weighted by molar-refractivity contribution is -0.136. The molecule has 0 radical (unpaired) electrons. The molecule has 7 heteroatoms. The number of carbonyl (C=O) groups is 1. The summed E-state index contributed by atoms with van der Waals surface area (Å²) in [7, 11) is -4.00. The van der Waals surface area contributed by atoms with Crippen LogP contribution in [-0.2, 0) is 20.4 Å². The number of hydrogen-bond donors (Lipinski definition) is 1. The number of carboxylic acids is 1. The van der Waals surface area contributed by atoms with E-state index < -0.39 is 33.0 Å². The Labute approximate surface area is 144 Å². The highest BCUT2D eigenvalue weighted by Gasteiger charge is 2.36. The zero-order chi connectivity index (χ0) is 18.2. The van der Waals surface area contributed by atoms with Gasteiger partial charge in [0.25, 0.3) is 0 Å². The van der Waals surface area contributed by atoms with Crippen molar-refractivity contribution in [1.82, 2.24) is 0 Å². The Hall–Kier alpha value is -2.54. The first kappa shape index (κ1) is 17.3. The first-order valence-electron chi connectivity index (χ1n) is 7.66. The van der Waals surface area contributed by atoms with Crippen LogP contribution in [0, 0.1) is 0 Å². The van der Waals surface area contributed by atoms with Crippen molar-refractivity contribution in [2.45, 2.75) is 25.5 Å². The van der Waals surface area contributed by atoms with Crippen LogP contribution in [0.25, 0.3) is 0 Å². The third-order valence-electron chi connectivity index (χ3n) is 4.09. The maximum absolute atomic E-state index is 14.5. The summed E-state index contributed by atoms with van der Waals surface area (Å²) >= 11 is 0. The zero-order valence-corrected chi connectivity index (χ0v) is 14.3. The Morgan fingerprint density at radius 1 is 1.28 bits per heavy atom. The van der Waals surface area contributed by atoms with Gasteiger partial charge in [-0.2, -0.15) is 0 Å². The fourth-order valence-electron chi connectivity index (χ4n) is 3.03. The fourth-order valence-corrected chi connectivity index (χ4v) is 4.74. The van der Waals surface area contributed by atoms with Gasteiger partial charge in [0.1, 0.15) is 10.7 Å². The van der Waals surface area contributed by atoms with Crippen molar-refractivity contribution in [3.05, 3.63) is 69.5 Å².